The van der Waals surface area contributed by atoms with E-state index in [9.17, 15) is 4.79 Å². The lowest BCUT2D eigenvalue weighted by atomic mass is 10.1. The van der Waals surface area contributed by atoms with Gasteiger partial charge in [0.25, 0.3) is 5.91 Å². The summed E-state index contributed by atoms with van der Waals surface area (Å²) in [5.74, 6) is 0.760. The van der Waals surface area contributed by atoms with E-state index in [1.54, 1.807) is 13.2 Å². The fourth-order valence-electron chi connectivity index (χ4n) is 2.08. The molecule has 0 saturated heterocycles. The van der Waals surface area contributed by atoms with E-state index in [0.29, 0.717) is 11.3 Å². The molecular weight excluding hydrogens is 318 g/mol. The molecule has 0 aromatic heterocycles. The Bertz CT molecular complexity index is 446. The Morgan fingerprint density at radius 3 is 2.60 bits per heavy atom. The molecule has 1 amide bonds. The van der Waals surface area contributed by atoms with Crippen LogP contribution in [0.1, 0.15) is 50.4 Å². The molecule has 3 nitrogen and oxygen atoms in total. The number of rotatable bonds is 7. The van der Waals surface area contributed by atoms with E-state index in [1.807, 2.05) is 17.0 Å². The summed E-state index contributed by atoms with van der Waals surface area (Å²) in [6.07, 6.45) is 3.35. The minimum Gasteiger partial charge on any atom is -0.497 e. The number of ether oxygens (including phenoxy) is 1. The van der Waals surface area contributed by atoms with Crippen molar-refractivity contribution in [2.75, 3.05) is 13.7 Å². The van der Waals surface area contributed by atoms with Crippen molar-refractivity contribution in [1.82, 2.24) is 4.90 Å². The maximum Gasteiger partial charge on any atom is 0.255 e. The maximum absolute atomic E-state index is 12.7. The van der Waals surface area contributed by atoms with Crippen LogP contribution in [-0.2, 0) is 0 Å². The van der Waals surface area contributed by atoms with Crippen LogP contribution in [0.25, 0.3) is 0 Å². The first kappa shape index (κ1) is 17.0. The molecule has 0 aliphatic carbocycles. The summed E-state index contributed by atoms with van der Waals surface area (Å²) < 4.78 is 6.02. The molecular formula is C16H24BrNO2. The summed E-state index contributed by atoms with van der Waals surface area (Å²) in [7, 11) is 1.61. The summed E-state index contributed by atoms with van der Waals surface area (Å²) >= 11 is 3.46. The van der Waals surface area contributed by atoms with Gasteiger partial charge >= 0.3 is 0 Å². The van der Waals surface area contributed by atoms with Gasteiger partial charge in [-0.3, -0.25) is 4.79 Å². The van der Waals surface area contributed by atoms with Crippen LogP contribution in [0.2, 0.25) is 0 Å². The maximum atomic E-state index is 12.7. The fourth-order valence-corrected chi connectivity index (χ4v) is 2.49. The van der Waals surface area contributed by atoms with Crippen LogP contribution in [-0.4, -0.2) is 30.5 Å². The van der Waals surface area contributed by atoms with E-state index >= 15 is 0 Å². The van der Waals surface area contributed by atoms with E-state index in [-0.39, 0.29) is 11.9 Å². The molecule has 0 N–H and O–H groups in total. The molecule has 0 fully saturated rings. The van der Waals surface area contributed by atoms with Gasteiger partial charge in [-0.25, -0.2) is 0 Å². The molecule has 1 aromatic carbocycles. The zero-order valence-electron chi connectivity index (χ0n) is 12.8. The third-order valence-corrected chi connectivity index (χ3v) is 3.98. The van der Waals surface area contributed by atoms with E-state index in [2.05, 4.69) is 36.7 Å². The molecule has 0 atom stereocenters. The van der Waals surface area contributed by atoms with Gasteiger partial charge in [0.15, 0.2) is 0 Å². The summed E-state index contributed by atoms with van der Waals surface area (Å²) in [5, 5.41) is 0. The van der Waals surface area contributed by atoms with E-state index in [0.717, 1.165) is 30.3 Å². The molecule has 0 aliphatic rings. The van der Waals surface area contributed by atoms with Crippen LogP contribution < -0.4 is 4.74 Å². The lowest BCUT2D eigenvalue weighted by molar-refractivity contribution is 0.0701. The van der Waals surface area contributed by atoms with Gasteiger partial charge in [0.1, 0.15) is 5.75 Å². The average molecular weight is 342 g/mol. The number of hydrogen-bond acceptors (Lipinski definition) is 2. The number of amides is 1. The second-order valence-corrected chi connectivity index (χ2v) is 6.00. The van der Waals surface area contributed by atoms with Crippen molar-refractivity contribution in [2.24, 2.45) is 0 Å². The zero-order chi connectivity index (χ0) is 15.1. The molecule has 0 bridgehead atoms. The molecule has 20 heavy (non-hydrogen) atoms. The summed E-state index contributed by atoms with van der Waals surface area (Å²) in [6.45, 7) is 7.07. The van der Waals surface area contributed by atoms with Crippen molar-refractivity contribution in [3.8, 4) is 5.75 Å². The molecule has 0 saturated carbocycles. The van der Waals surface area contributed by atoms with E-state index in [1.165, 1.54) is 0 Å². The van der Waals surface area contributed by atoms with Gasteiger partial charge in [0, 0.05) is 17.1 Å². The van der Waals surface area contributed by atoms with Crippen molar-refractivity contribution in [3.63, 3.8) is 0 Å². The smallest absolute Gasteiger partial charge is 0.255 e. The third-order valence-electron chi connectivity index (χ3n) is 3.29. The van der Waals surface area contributed by atoms with Gasteiger partial charge in [0.2, 0.25) is 0 Å². The standard InChI is InChI=1S/C16H24BrNO2/c1-5-6-7-10-18(12(2)3)16(19)14-11-13(20-4)8-9-15(14)17/h8-9,11-12H,5-7,10H2,1-4H3. The van der Waals surface area contributed by atoms with E-state index < -0.39 is 0 Å². The molecule has 0 radical (unpaired) electrons. The molecule has 0 aliphatic heterocycles. The Morgan fingerprint density at radius 1 is 1.35 bits per heavy atom. The van der Waals surface area contributed by atoms with Crippen LogP contribution in [0, 0.1) is 0 Å². The van der Waals surface area contributed by atoms with Gasteiger partial charge in [0.05, 0.1) is 12.7 Å². The first-order valence-corrected chi connectivity index (χ1v) is 7.95. The van der Waals surface area contributed by atoms with E-state index in [4.69, 9.17) is 4.74 Å². The number of methoxy groups -OCH3 is 1. The van der Waals surface area contributed by atoms with Crippen LogP contribution in [0.3, 0.4) is 0 Å². The highest BCUT2D eigenvalue weighted by molar-refractivity contribution is 9.10. The Balaban J connectivity index is 2.93. The van der Waals surface area contributed by atoms with Gasteiger partial charge in [-0.15, -0.1) is 0 Å². The number of carbonyl (C=O) groups is 1. The summed E-state index contributed by atoms with van der Waals surface area (Å²) in [5.41, 5.74) is 0.662. The fraction of sp³-hybridized carbons (Fsp3) is 0.562. The van der Waals surface area contributed by atoms with Crippen molar-refractivity contribution in [2.45, 2.75) is 46.1 Å². The summed E-state index contributed by atoms with van der Waals surface area (Å²) in [4.78, 5) is 14.6. The predicted octanol–water partition coefficient (Wildman–Crippen LogP) is 4.50. The zero-order valence-corrected chi connectivity index (χ0v) is 14.4. The number of benzene rings is 1. The normalized spacial score (nSPS) is 10.7. The first-order chi connectivity index (χ1) is 9.51. The van der Waals surface area contributed by atoms with Gasteiger partial charge in [-0.1, -0.05) is 19.8 Å². The minimum absolute atomic E-state index is 0.0573. The number of nitrogens with zero attached hydrogens (tertiary/aromatic N) is 1. The highest BCUT2D eigenvalue weighted by Crippen LogP contribution is 2.24. The van der Waals surface area contributed by atoms with Crippen LogP contribution in [0.5, 0.6) is 5.75 Å². The van der Waals surface area contributed by atoms with Crippen molar-refractivity contribution in [1.29, 1.82) is 0 Å². The molecule has 0 spiro atoms. The Hall–Kier alpha value is -1.03. The Morgan fingerprint density at radius 2 is 2.05 bits per heavy atom. The van der Waals surface area contributed by atoms with Crippen LogP contribution >= 0.6 is 15.9 Å². The second-order valence-electron chi connectivity index (χ2n) is 5.15. The molecule has 1 rings (SSSR count). The van der Waals surface area contributed by atoms with Crippen LogP contribution in [0.4, 0.5) is 0 Å². The average Bonchev–Trinajstić information content (AvgIpc) is 2.43. The number of unbranched alkanes of at least 4 members (excludes halogenated alkanes) is 2. The van der Waals surface area contributed by atoms with Gasteiger partial charge < -0.3 is 9.64 Å². The lowest BCUT2D eigenvalue weighted by Gasteiger charge is -2.27. The largest absolute Gasteiger partial charge is 0.497 e. The first-order valence-electron chi connectivity index (χ1n) is 7.15. The topological polar surface area (TPSA) is 29.5 Å². The van der Waals surface area contributed by atoms with Crippen molar-refractivity contribution in [3.05, 3.63) is 28.2 Å². The molecule has 112 valence electrons. The molecule has 4 heteroatoms. The predicted molar refractivity (Wildman–Crippen MR) is 86.4 cm³/mol. The van der Waals surface area contributed by atoms with Gasteiger partial charge in [-0.2, -0.15) is 0 Å². The van der Waals surface area contributed by atoms with Crippen molar-refractivity contribution < 1.29 is 9.53 Å². The Labute approximate surface area is 130 Å². The highest BCUT2D eigenvalue weighted by atomic mass is 79.9. The minimum atomic E-state index is 0.0573. The monoisotopic (exact) mass is 341 g/mol. The molecule has 1 aromatic rings. The number of halogens is 1. The number of carbonyl (C=O) groups excluding carboxylic acids is 1. The van der Waals surface area contributed by atoms with Gasteiger partial charge in [-0.05, 0) is 54.4 Å². The highest BCUT2D eigenvalue weighted by Gasteiger charge is 2.20. The summed E-state index contributed by atoms with van der Waals surface area (Å²) in [6, 6.07) is 5.69. The van der Waals surface area contributed by atoms with Crippen molar-refractivity contribution >= 4 is 21.8 Å². The lowest BCUT2D eigenvalue weighted by Crippen LogP contribution is -2.37. The van der Waals surface area contributed by atoms with Crippen LogP contribution in [0.15, 0.2) is 22.7 Å². The number of hydrogen-bond donors (Lipinski definition) is 0. The third kappa shape index (κ3) is 4.51. The Kier molecular flexibility index (Phi) is 7.06. The quantitative estimate of drug-likeness (QED) is 0.683. The molecule has 0 heterocycles. The SMILES string of the molecule is CCCCCN(C(=O)c1cc(OC)ccc1Br)C(C)C. The molecule has 0 unspecified atom stereocenters. The second kappa shape index (κ2) is 8.30.